The number of allylic oxidation sites excluding steroid dienone is 5. The van der Waals surface area contributed by atoms with Gasteiger partial charge in [0.2, 0.25) is 0 Å². The van der Waals surface area contributed by atoms with E-state index in [4.69, 9.17) is 9.47 Å². The highest BCUT2D eigenvalue weighted by Crippen LogP contribution is 2.36. The van der Waals surface area contributed by atoms with Gasteiger partial charge in [0.05, 0.1) is 12.1 Å². The van der Waals surface area contributed by atoms with Crippen molar-refractivity contribution in [1.29, 1.82) is 0 Å². The van der Waals surface area contributed by atoms with Crippen LogP contribution in [-0.2, 0) is 14.3 Å². The van der Waals surface area contributed by atoms with Crippen molar-refractivity contribution in [2.24, 2.45) is 0 Å². The number of carbonyl (C=O) groups is 2. The third kappa shape index (κ3) is 5.96. The summed E-state index contributed by atoms with van der Waals surface area (Å²) in [5.41, 5.74) is 0.962. The van der Waals surface area contributed by atoms with Gasteiger partial charge in [0.25, 0.3) is 5.24 Å². The number of carbonyl (C=O) groups excluding carboxylic acids is 2. The van der Waals surface area contributed by atoms with Gasteiger partial charge >= 0.3 is 5.97 Å². The highest BCUT2D eigenvalue weighted by Gasteiger charge is 2.49. The van der Waals surface area contributed by atoms with Crippen molar-refractivity contribution in [2.75, 3.05) is 5.75 Å². The molecule has 1 amide bonds. The molecule has 2 bridgehead atoms. The van der Waals surface area contributed by atoms with Crippen LogP contribution in [0, 0.1) is 0 Å². The molecule has 3 aliphatic rings. The molecule has 0 unspecified atom stereocenters. The molecule has 0 aliphatic carbocycles. The fraction of sp³-hybridized carbons (Fsp3) is 0.619. The molecule has 2 N–H and O–H groups in total. The van der Waals surface area contributed by atoms with Crippen LogP contribution in [-0.4, -0.2) is 46.1 Å². The van der Waals surface area contributed by atoms with Crippen LogP contribution < -0.4 is 5.32 Å². The van der Waals surface area contributed by atoms with Crippen molar-refractivity contribution in [3.05, 3.63) is 36.0 Å². The van der Waals surface area contributed by atoms with Crippen molar-refractivity contribution in [1.82, 2.24) is 5.32 Å². The first-order valence-corrected chi connectivity index (χ1v) is 11.0. The maximum atomic E-state index is 12.3. The number of esters is 1. The molecule has 2 fully saturated rings. The fourth-order valence-electron chi connectivity index (χ4n) is 3.80. The largest absolute Gasteiger partial charge is 0.459 e. The van der Waals surface area contributed by atoms with E-state index in [0.29, 0.717) is 12.2 Å². The van der Waals surface area contributed by atoms with Crippen molar-refractivity contribution >= 4 is 23.0 Å². The van der Waals surface area contributed by atoms with Gasteiger partial charge in [-0.15, -0.1) is 0 Å². The standard InChI is InChI=1S/C21H29NO5S/c1-15-9-7-5-3-2-4-6-8-10-16-12-17(26-19(23)11-15)13-21(25,27-16)18-14-28-20(24)22-18/h2-5,11,16-18,25H,6-10,12-14H2,1H3,(H,22,24)/t16-,17-,18+,21-/m1/s1. The summed E-state index contributed by atoms with van der Waals surface area (Å²) in [4.78, 5) is 23.9. The molecule has 2 saturated heterocycles. The lowest BCUT2D eigenvalue weighted by molar-refractivity contribution is -0.283. The predicted octanol–water partition coefficient (Wildman–Crippen LogP) is 3.61. The van der Waals surface area contributed by atoms with Crippen LogP contribution in [0.1, 0.15) is 51.9 Å². The second kappa shape index (κ2) is 9.76. The molecule has 28 heavy (non-hydrogen) atoms. The zero-order valence-electron chi connectivity index (χ0n) is 16.3. The van der Waals surface area contributed by atoms with Crippen molar-refractivity contribution in [2.45, 2.75) is 75.9 Å². The Kier molecular flexibility index (Phi) is 7.37. The Morgan fingerprint density at radius 1 is 1.21 bits per heavy atom. The van der Waals surface area contributed by atoms with E-state index < -0.39 is 17.9 Å². The van der Waals surface area contributed by atoms with E-state index in [-0.39, 0.29) is 23.7 Å². The third-order valence-corrected chi connectivity index (χ3v) is 6.15. The van der Waals surface area contributed by atoms with Gasteiger partial charge in [-0.05, 0) is 39.0 Å². The topological polar surface area (TPSA) is 84.9 Å². The van der Waals surface area contributed by atoms with Crippen LogP contribution >= 0.6 is 11.8 Å². The Balaban J connectivity index is 1.75. The van der Waals surface area contributed by atoms with Gasteiger partial charge in [-0.1, -0.05) is 41.6 Å². The van der Waals surface area contributed by atoms with Crippen LogP contribution in [0.2, 0.25) is 0 Å². The Bertz CT molecular complexity index is 674. The third-order valence-electron chi connectivity index (χ3n) is 5.27. The van der Waals surface area contributed by atoms with Crippen LogP contribution in [0.15, 0.2) is 36.0 Å². The smallest absolute Gasteiger partial charge is 0.330 e. The predicted molar refractivity (Wildman–Crippen MR) is 109 cm³/mol. The number of rotatable bonds is 1. The fourth-order valence-corrected chi connectivity index (χ4v) is 4.69. The molecule has 3 rings (SSSR count). The average molecular weight is 408 g/mol. The van der Waals surface area contributed by atoms with Crippen LogP contribution in [0.3, 0.4) is 0 Å². The summed E-state index contributed by atoms with van der Waals surface area (Å²) in [6.07, 6.45) is 14.2. The lowest BCUT2D eigenvalue weighted by Gasteiger charge is -2.43. The summed E-state index contributed by atoms with van der Waals surface area (Å²) in [5.74, 6) is -1.46. The molecule has 7 heteroatoms. The van der Waals surface area contributed by atoms with Crippen molar-refractivity contribution in [3.8, 4) is 0 Å². The Morgan fingerprint density at radius 3 is 2.75 bits per heavy atom. The average Bonchev–Trinajstić information content (AvgIpc) is 3.06. The molecular weight excluding hydrogens is 378 g/mol. The highest BCUT2D eigenvalue weighted by atomic mass is 32.2. The van der Waals surface area contributed by atoms with Gasteiger partial charge in [0.15, 0.2) is 5.79 Å². The second-order valence-electron chi connectivity index (χ2n) is 7.70. The lowest BCUT2D eigenvalue weighted by Crippen LogP contribution is -2.58. The number of hydrogen-bond donors (Lipinski definition) is 2. The van der Waals surface area contributed by atoms with Gasteiger partial charge in [0, 0.05) is 24.7 Å². The van der Waals surface area contributed by atoms with Gasteiger partial charge in [-0.25, -0.2) is 4.79 Å². The number of nitrogens with one attached hydrogen (secondary N) is 1. The number of hydrogen-bond acceptors (Lipinski definition) is 6. The van der Waals surface area contributed by atoms with E-state index in [1.54, 1.807) is 0 Å². The first-order chi connectivity index (χ1) is 13.4. The first kappa shape index (κ1) is 21.1. The number of thioether (sulfide) groups is 1. The summed E-state index contributed by atoms with van der Waals surface area (Å²) >= 11 is 1.14. The van der Waals surface area contributed by atoms with E-state index in [1.165, 1.54) is 6.08 Å². The van der Waals surface area contributed by atoms with Gasteiger partial charge < -0.3 is 19.9 Å². The molecule has 0 radical (unpaired) electrons. The number of amides is 1. The summed E-state index contributed by atoms with van der Waals surface area (Å²) in [5, 5.41) is 13.7. The van der Waals surface area contributed by atoms with Gasteiger partial charge in [0.1, 0.15) is 6.10 Å². The molecule has 0 aromatic heterocycles. The molecule has 0 spiro atoms. The van der Waals surface area contributed by atoms with E-state index in [2.05, 4.69) is 17.5 Å². The Labute approximate surface area is 170 Å². The number of aliphatic hydroxyl groups is 1. The van der Waals surface area contributed by atoms with E-state index in [1.807, 2.05) is 19.1 Å². The minimum atomic E-state index is -1.52. The normalized spacial score (nSPS) is 35.2. The summed E-state index contributed by atoms with van der Waals surface area (Å²) in [6, 6.07) is -0.498. The molecule has 0 saturated carbocycles. The molecule has 3 heterocycles. The second-order valence-corrected chi connectivity index (χ2v) is 8.69. The first-order valence-electron chi connectivity index (χ1n) is 9.97. The van der Waals surface area contributed by atoms with Gasteiger partial charge in [-0.2, -0.15) is 0 Å². The molecule has 154 valence electrons. The Morgan fingerprint density at radius 2 is 2.00 bits per heavy atom. The molecule has 0 aromatic carbocycles. The number of fused-ring (bicyclic) bond motifs is 2. The zero-order chi connectivity index (χ0) is 20.0. The molecular formula is C21H29NO5S. The lowest BCUT2D eigenvalue weighted by atomic mass is 9.91. The van der Waals surface area contributed by atoms with Crippen molar-refractivity contribution < 1.29 is 24.2 Å². The summed E-state index contributed by atoms with van der Waals surface area (Å²) < 4.78 is 11.7. The molecule has 3 aliphatic heterocycles. The van der Waals surface area contributed by atoms with Crippen LogP contribution in [0.4, 0.5) is 4.79 Å². The molecule has 0 aromatic rings. The number of ether oxygens (including phenoxy) is 2. The SMILES string of the molecule is CC1=CC(=O)O[C@@H]2C[C@@H](CCCC=CC=CCC1)O[C@@](O)([C@@H]1CSC(=O)N1)C2. The van der Waals surface area contributed by atoms with Crippen LogP contribution in [0.5, 0.6) is 0 Å². The minimum Gasteiger partial charge on any atom is -0.459 e. The monoisotopic (exact) mass is 407 g/mol. The van der Waals surface area contributed by atoms with Crippen molar-refractivity contribution in [3.63, 3.8) is 0 Å². The maximum Gasteiger partial charge on any atom is 0.330 e. The van der Waals surface area contributed by atoms with E-state index in [9.17, 15) is 14.7 Å². The van der Waals surface area contributed by atoms with E-state index in [0.717, 1.165) is 49.4 Å². The maximum absolute atomic E-state index is 12.3. The highest BCUT2D eigenvalue weighted by molar-refractivity contribution is 8.14. The zero-order valence-corrected chi connectivity index (χ0v) is 17.1. The minimum absolute atomic E-state index is 0.163. The quantitative estimate of drug-likeness (QED) is 0.646. The molecule has 6 nitrogen and oxygen atoms in total. The van der Waals surface area contributed by atoms with Crippen LogP contribution in [0.25, 0.3) is 0 Å². The summed E-state index contributed by atoms with van der Waals surface area (Å²) in [7, 11) is 0. The molecule has 4 atom stereocenters. The Hall–Kier alpha value is -1.57. The summed E-state index contributed by atoms with van der Waals surface area (Å²) in [6.45, 7) is 1.92. The van der Waals surface area contributed by atoms with E-state index >= 15 is 0 Å². The van der Waals surface area contributed by atoms with Gasteiger partial charge in [-0.3, -0.25) is 4.79 Å².